The van der Waals surface area contributed by atoms with E-state index in [0.717, 1.165) is 10.0 Å². The highest BCUT2D eigenvalue weighted by molar-refractivity contribution is 9.11. The van der Waals surface area contributed by atoms with Crippen molar-refractivity contribution in [3.63, 3.8) is 0 Å². The van der Waals surface area contributed by atoms with Gasteiger partial charge >= 0.3 is 0 Å². The SMILES string of the molecule is C=C(Br)CNC(C)c1cc(OC)c(OC)c(OC)c1. The van der Waals surface area contributed by atoms with E-state index in [-0.39, 0.29) is 6.04 Å². The molecule has 0 saturated heterocycles. The third-order valence-electron chi connectivity index (χ3n) is 2.79. The number of rotatable bonds is 7. The van der Waals surface area contributed by atoms with Crippen LogP contribution in [0.2, 0.25) is 0 Å². The normalized spacial score (nSPS) is 11.8. The van der Waals surface area contributed by atoms with E-state index >= 15 is 0 Å². The number of halogens is 1. The zero-order valence-electron chi connectivity index (χ0n) is 11.7. The molecule has 0 spiro atoms. The van der Waals surface area contributed by atoms with Crippen LogP contribution >= 0.6 is 15.9 Å². The molecule has 0 aliphatic heterocycles. The van der Waals surface area contributed by atoms with Crippen LogP contribution in [-0.2, 0) is 0 Å². The summed E-state index contributed by atoms with van der Waals surface area (Å²) in [5.41, 5.74) is 1.06. The van der Waals surface area contributed by atoms with Crippen molar-refractivity contribution in [1.29, 1.82) is 0 Å². The molecule has 0 saturated carbocycles. The number of hydrogen-bond donors (Lipinski definition) is 1. The molecular weight excluding hydrogens is 310 g/mol. The molecule has 1 atom stereocenters. The van der Waals surface area contributed by atoms with Gasteiger partial charge in [0.1, 0.15) is 0 Å². The fraction of sp³-hybridized carbons (Fsp3) is 0.429. The number of hydrogen-bond acceptors (Lipinski definition) is 4. The second-order valence-corrected chi connectivity index (χ2v) is 5.20. The van der Waals surface area contributed by atoms with Crippen molar-refractivity contribution in [2.45, 2.75) is 13.0 Å². The maximum atomic E-state index is 5.34. The van der Waals surface area contributed by atoms with Gasteiger partial charge in [0.15, 0.2) is 11.5 Å². The molecule has 0 radical (unpaired) electrons. The van der Waals surface area contributed by atoms with Gasteiger partial charge in [-0.1, -0.05) is 22.5 Å². The molecule has 4 nitrogen and oxygen atoms in total. The lowest BCUT2D eigenvalue weighted by atomic mass is 10.1. The predicted molar refractivity (Wildman–Crippen MR) is 80.6 cm³/mol. The Kier molecular flexibility index (Phi) is 6.18. The Hall–Kier alpha value is -1.20. The second kappa shape index (κ2) is 7.40. The van der Waals surface area contributed by atoms with Crippen LogP contribution in [0, 0.1) is 0 Å². The Morgan fingerprint density at radius 1 is 1.21 bits per heavy atom. The van der Waals surface area contributed by atoms with E-state index in [1.807, 2.05) is 12.1 Å². The van der Waals surface area contributed by atoms with E-state index in [1.165, 1.54) is 0 Å². The zero-order valence-corrected chi connectivity index (χ0v) is 13.3. The second-order valence-electron chi connectivity index (χ2n) is 4.08. The lowest BCUT2D eigenvalue weighted by Crippen LogP contribution is -2.19. The van der Waals surface area contributed by atoms with Crippen molar-refractivity contribution >= 4 is 15.9 Å². The van der Waals surface area contributed by atoms with Gasteiger partial charge < -0.3 is 19.5 Å². The maximum Gasteiger partial charge on any atom is 0.203 e. The van der Waals surface area contributed by atoms with Crippen molar-refractivity contribution in [3.8, 4) is 17.2 Å². The van der Waals surface area contributed by atoms with Crippen LogP contribution in [0.15, 0.2) is 23.2 Å². The molecule has 5 heteroatoms. The van der Waals surface area contributed by atoms with E-state index in [4.69, 9.17) is 14.2 Å². The van der Waals surface area contributed by atoms with Crippen molar-refractivity contribution in [2.75, 3.05) is 27.9 Å². The topological polar surface area (TPSA) is 39.7 Å². The van der Waals surface area contributed by atoms with Gasteiger partial charge in [-0.15, -0.1) is 0 Å². The van der Waals surface area contributed by atoms with Gasteiger partial charge in [0.05, 0.1) is 21.3 Å². The number of methoxy groups -OCH3 is 3. The summed E-state index contributed by atoms with van der Waals surface area (Å²) in [7, 11) is 4.82. The van der Waals surface area contributed by atoms with Gasteiger partial charge in [0.25, 0.3) is 0 Å². The molecule has 0 bridgehead atoms. The molecule has 19 heavy (non-hydrogen) atoms. The third-order valence-corrected chi connectivity index (χ3v) is 3.07. The summed E-state index contributed by atoms with van der Waals surface area (Å²) < 4.78 is 16.9. The molecule has 106 valence electrons. The van der Waals surface area contributed by atoms with Crippen molar-refractivity contribution < 1.29 is 14.2 Å². The summed E-state index contributed by atoms with van der Waals surface area (Å²) in [5.74, 6) is 1.91. The summed E-state index contributed by atoms with van der Waals surface area (Å²) in [6.45, 7) is 6.56. The average molecular weight is 330 g/mol. The molecule has 1 N–H and O–H groups in total. The molecule has 0 aliphatic carbocycles. The molecule has 1 aromatic carbocycles. The van der Waals surface area contributed by atoms with E-state index in [1.54, 1.807) is 21.3 Å². The summed E-state index contributed by atoms with van der Waals surface area (Å²) in [5, 5.41) is 3.34. The first-order valence-corrected chi connectivity index (χ1v) is 6.69. The van der Waals surface area contributed by atoms with Crippen LogP contribution in [0.5, 0.6) is 17.2 Å². The van der Waals surface area contributed by atoms with Gasteiger partial charge in [-0.05, 0) is 24.6 Å². The molecule has 0 aliphatic rings. The summed E-state index contributed by atoms with van der Waals surface area (Å²) in [4.78, 5) is 0. The third kappa shape index (κ3) is 4.14. The Labute approximate surface area is 122 Å². The summed E-state index contributed by atoms with van der Waals surface area (Å²) in [6.07, 6.45) is 0. The zero-order chi connectivity index (χ0) is 14.4. The fourth-order valence-corrected chi connectivity index (χ4v) is 1.89. The molecule has 0 fully saturated rings. The van der Waals surface area contributed by atoms with E-state index < -0.39 is 0 Å². The van der Waals surface area contributed by atoms with Crippen LogP contribution in [0.1, 0.15) is 18.5 Å². The number of benzene rings is 1. The molecule has 0 aromatic heterocycles. The van der Waals surface area contributed by atoms with Crippen molar-refractivity contribution in [3.05, 3.63) is 28.8 Å². The van der Waals surface area contributed by atoms with Gasteiger partial charge in [0, 0.05) is 17.1 Å². The largest absolute Gasteiger partial charge is 0.493 e. The molecule has 0 heterocycles. The molecular formula is C14H20BrNO3. The molecule has 0 amide bonds. The average Bonchev–Trinajstić information content (AvgIpc) is 2.42. The Balaban J connectivity index is 3.04. The quantitative estimate of drug-likeness (QED) is 0.833. The summed E-state index contributed by atoms with van der Waals surface area (Å²) >= 11 is 3.33. The van der Waals surface area contributed by atoms with Crippen molar-refractivity contribution in [2.24, 2.45) is 0 Å². The van der Waals surface area contributed by atoms with Crippen LogP contribution in [-0.4, -0.2) is 27.9 Å². The number of nitrogens with one attached hydrogen (secondary N) is 1. The molecule has 1 rings (SSSR count). The highest BCUT2D eigenvalue weighted by atomic mass is 79.9. The van der Waals surface area contributed by atoms with Crippen LogP contribution in [0.3, 0.4) is 0 Å². The summed E-state index contributed by atoms with van der Waals surface area (Å²) in [6, 6.07) is 4.02. The molecule has 1 aromatic rings. The molecule has 1 unspecified atom stereocenters. The van der Waals surface area contributed by atoms with Crippen LogP contribution < -0.4 is 19.5 Å². The Morgan fingerprint density at radius 3 is 2.11 bits per heavy atom. The van der Waals surface area contributed by atoms with Crippen LogP contribution in [0.4, 0.5) is 0 Å². The van der Waals surface area contributed by atoms with Gasteiger partial charge in [-0.25, -0.2) is 0 Å². The predicted octanol–water partition coefficient (Wildman–Crippen LogP) is 3.27. The van der Waals surface area contributed by atoms with E-state index in [0.29, 0.717) is 23.8 Å². The highest BCUT2D eigenvalue weighted by Gasteiger charge is 2.16. The van der Waals surface area contributed by atoms with Crippen LogP contribution in [0.25, 0.3) is 0 Å². The van der Waals surface area contributed by atoms with Crippen molar-refractivity contribution in [1.82, 2.24) is 5.32 Å². The maximum absolute atomic E-state index is 5.34. The van der Waals surface area contributed by atoms with Gasteiger partial charge in [0.2, 0.25) is 5.75 Å². The Bertz CT molecular complexity index is 423. The lowest BCUT2D eigenvalue weighted by molar-refractivity contribution is 0.323. The smallest absolute Gasteiger partial charge is 0.203 e. The first kappa shape index (κ1) is 15.9. The minimum atomic E-state index is 0.142. The first-order valence-electron chi connectivity index (χ1n) is 5.90. The van der Waals surface area contributed by atoms with Gasteiger partial charge in [-0.3, -0.25) is 0 Å². The minimum Gasteiger partial charge on any atom is -0.493 e. The standard InChI is InChI=1S/C14H20BrNO3/c1-9(15)8-16-10(2)11-6-12(17-3)14(19-5)13(7-11)18-4/h6-7,10,16H,1,8H2,2-5H3. The monoisotopic (exact) mass is 329 g/mol. The lowest BCUT2D eigenvalue weighted by Gasteiger charge is -2.18. The fourth-order valence-electron chi connectivity index (χ4n) is 1.73. The van der Waals surface area contributed by atoms with Gasteiger partial charge in [-0.2, -0.15) is 0 Å². The highest BCUT2D eigenvalue weighted by Crippen LogP contribution is 2.39. The number of ether oxygens (including phenoxy) is 3. The minimum absolute atomic E-state index is 0.142. The first-order chi connectivity index (χ1) is 9.03. The Morgan fingerprint density at radius 2 is 1.74 bits per heavy atom. The van der Waals surface area contributed by atoms with E-state index in [9.17, 15) is 0 Å². The van der Waals surface area contributed by atoms with E-state index in [2.05, 4.69) is 34.7 Å².